The van der Waals surface area contributed by atoms with E-state index in [1.54, 1.807) is 12.1 Å². The molecule has 0 N–H and O–H groups in total. The number of ether oxygens (including phenoxy) is 1. The summed E-state index contributed by atoms with van der Waals surface area (Å²) in [6, 6.07) is 7.16. The Morgan fingerprint density at radius 2 is 2.24 bits per heavy atom. The molecule has 0 radical (unpaired) electrons. The SMILES string of the molecule is O=C1Oc2ccccc2CN1CCO[N+](=O)[O-]. The molecule has 0 unspecified atom stereocenters. The molecule has 1 aromatic carbocycles. The molecule has 0 saturated carbocycles. The fraction of sp³-hybridized carbons (Fsp3) is 0.300. The third kappa shape index (κ3) is 2.63. The number of nitrogens with zero attached hydrogens (tertiary/aromatic N) is 2. The summed E-state index contributed by atoms with van der Waals surface area (Å²) in [5.74, 6) is 0.531. The molecular weight excluding hydrogens is 228 g/mol. The zero-order chi connectivity index (χ0) is 12.3. The second kappa shape index (κ2) is 4.69. The summed E-state index contributed by atoms with van der Waals surface area (Å²) in [6.45, 7) is 0.328. The summed E-state index contributed by atoms with van der Waals surface area (Å²) in [4.78, 5) is 27.0. The van der Waals surface area contributed by atoms with E-state index in [-0.39, 0.29) is 13.2 Å². The summed E-state index contributed by atoms with van der Waals surface area (Å²) in [5.41, 5.74) is 0.869. The predicted octanol–water partition coefficient (Wildman–Crippen LogP) is 1.21. The average molecular weight is 238 g/mol. The smallest absolute Gasteiger partial charge is 0.410 e. The van der Waals surface area contributed by atoms with Crippen LogP contribution in [0.3, 0.4) is 0 Å². The van der Waals surface area contributed by atoms with Crippen LogP contribution in [-0.4, -0.2) is 29.2 Å². The number of para-hydroxylation sites is 1. The van der Waals surface area contributed by atoms with Crippen molar-refractivity contribution in [3.05, 3.63) is 39.9 Å². The molecule has 0 spiro atoms. The van der Waals surface area contributed by atoms with Crippen LogP contribution in [0.2, 0.25) is 0 Å². The molecule has 1 aliphatic heterocycles. The molecule has 17 heavy (non-hydrogen) atoms. The molecule has 1 heterocycles. The summed E-state index contributed by atoms with van der Waals surface area (Å²) < 4.78 is 5.06. The number of hydrogen-bond acceptors (Lipinski definition) is 5. The zero-order valence-electron chi connectivity index (χ0n) is 8.87. The summed E-state index contributed by atoms with van der Waals surface area (Å²) in [5, 5.41) is 9.08. The van der Waals surface area contributed by atoms with Gasteiger partial charge in [-0.2, -0.15) is 0 Å². The molecule has 0 atom stereocenters. The first kappa shape index (κ1) is 11.2. The topological polar surface area (TPSA) is 81.9 Å². The van der Waals surface area contributed by atoms with Gasteiger partial charge in [0.1, 0.15) is 12.4 Å². The average Bonchev–Trinajstić information content (AvgIpc) is 2.29. The van der Waals surface area contributed by atoms with Gasteiger partial charge >= 0.3 is 6.09 Å². The highest BCUT2D eigenvalue weighted by Gasteiger charge is 2.24. The van der Waals surface area contributed by atoms with Crippen LogP contribution < -0.4 is 4.74 Å². The second-order valence-electron chi connectivity index (χ2n) is 3.45. The maximum Gasteiger partial charge on any atom is 0.415 e. The molecule has 7 heteroatoms. The number of fused-ring (bicyclic) bond motifs is 1. The number of hydrogen-bond donors (Lipinski definition) is 0. The minimum absolute atomic E-state index is 0.119. The van der Waals surface area contributed by atoms with Crippen LogP contribution in [0.1, 0.15) is 5.56 Å². The van der Waals surface area contributed by atoms with Crippen molar-refractivity contribution in [3.8, 4) is 5.75 Å². The van der Waals surface area contributed by atoms with Gasteiger partial charge in [-0.05, 0) is 6.07 Å². The normalized spacial score (nSPS) is 13.9. The highest BCUT2D eigenvalue weighted by atomic mass is 16.9. The molecule has 0 aromatic heterocycles. The molecule has 0 saturated heterocycles. The van der Waals surface area contributed by atoms with Gasteiger partial charge in [-0.15, -0.1) is 10.1 Å². The van der Waals surface area contributed by atoms with Crippen molar-refractivity contribution in [1.82, 2.24) is 4.90 Å². The Morgan fingerprint density at radius 1 is 1.47 bits per heavy atom. The monoisotopic (exact) mass is 238 g/mol. The minimum atomic E-state index is -0.886. The van der Waals surface area contributed by atoms with E-state index in [4.69, 9.17) is 4.74 Å². The van der Waals surface area contributed by atoms with E-state index in [0.29, 0.717) is 12.3 Å². The Hall–Kier alpha value is -2.31. The van der Waals surface area contributed by atoms with Gasteiger partial charge in [-0.1, -0.05) is 18.2 Å². The molecule has 90 valence electrons. The lowest BCUT2D eigenvalue weighted by Crippen LogP contribution is -2.39. The molecule has 1 aliphatic rings. The number of rotatable bonds is 4. The molecule has 1 aromatic rings. The Balaban J connectivity index is 1.98. The minimum Gasteiger partial charge on any atom is -0.410 e. The highest BCUT2D eigenvalue weighted by molar-refractivity contribution is 5.73. The lowest BCUT2D eigenvalue weighted by atomic mass is 10.1. The Kier molecular flexibility index (Phi) is 3.08. The number of carbonyl (C=O) groups is 1. The van der Waals surface area contributed by atoms with E-state index in [1.165, 1.54) is 4.90 Å². The van der Waals surface area contributed by atoms with Gasteiger partial charge in [0, 0.05) is 12.1 Å². The van der Waals surface area contributed by atoms with Crippen molar-refractivity contribution in [1.29, 1.82) is 0 Å². The quantitative estimate of drug-likeness (QED) is 0.581. The van der Waals surface area contributed by atoms with Crippen LogP contribution in [0.25, 0.3) is 0 Å². The van der Waals surface area contributed by atoms with E-state index >= 15 is 0 Å². The first-order chi connectivity index (χ1) is 8.16. The first-order valence-corrected chi connectivity index (χ1v) is 4.99. The van der Waals surface area contributed by atoms with E-state index < -0.39 is 11.2 Å². The Bertz CT molecular complexity index is 448. The van der Waals surface area contributed by atoms with Gasteiger partial charge in [0.25, 0.3) is 5.09 Å². The number of benzene rings is 1. The summed E-state index contributed by atoms with van der Waals surface area (Å²) >= 11 is 0. The Labute approximate surface area is 96.6 Å². The van der Waals surface area contributed by atoms with Crippen molar-refractivity contribution < 1.29 is 19.5 Å². The number of carbonyl (C=O) groups excluding carboxylic acids is 1. The fourth-order valence-corrected chi connectivity index (χ4v) is 1.56. The predicted molar refractivity (Wildman–Crippen MR) is 55.8 cm³/mol. The van der Waals surface area contributed by atoms with Crippen LogP contribution in [-0.2, 0) is 11.4 Å². The second-order valence-corrected chi connectivity index (χ2v) is 3.45. The molecule has 2 rings (SSSR count). The van der Waals surface area contributed by atoms with Gasteiger partial charge in [-0.25, -0.2) is 4.79 Å². The molecule has 0 aliphatic carbocycles. The third-order valence-corrected chi connectivity index (χ3v) is 2.35. The largest absolute Gasteiger partial charge is 0.415 e. The third-order valence-electron chi connectivity index (χ3n) is 2.35. The maximum atomic E-state index is 11.5. The molecular formula is C10H10N2O5. The van der Waals surface area contributed by atoms with Gasteiger partial charge in [0.05, 0.1) is 6.54 Å². The molecule has 0 bridgehead atoms. The van der Waals surface area contributed by atoms with E-state index in [1.807, 2.05) is 12.1 Å². The van der Waals surface area contributed by atoms with Crippen molar-refractivity contribution >= 4 is 6.09 Å². The van der Waals surface area contributed by atoms with Crippen molar-refractivity contribution in [2.24, 2.45) is 0 Å². The highest BCUT2D eigenvalue weighted by Crippen LogP contribution is 2.24. The van der Waals surface area contributed by atoms with Crippen LogP contribution in [0.15, 0.2) is 24.3 Å². The zero-order valence-corrected chi connectivity index (χ0v) is 8.87. The summed E-state index contributed by atoms with van der Waals surface area (Å²) in [7, 11) is 0. The lowest BCUT2D eigenvalue weighted by Gasteiger charge is -2.27. The van der Waals surface area contributed by atoms with Gasteiger partial charge < -0.3 is 14.5 Å². The van der Waals surface area contributed by atoms with Gasteiger partial charge in [0.2, 0.25) is 0 Å². The van der Waals surface area contributed by atoms with Crippen molar-refractivity contribution in [3.63, 3.8) is 0 Å². The first-order valence-electron chi connectivity index (χ1n) is 4.99. The van der Waals surface area contributed by atoms with Gasteiger partial charge in [0.15, 0.2) is 0 Å². The standard InChI is InChI=1S/C10H10N2O5/c13-10-11(5-6-16-12(14)15)7-8-3-1-2-4-9(8)17-10/h1-4H,5-7H2. The molecule has 0 fully saturated rings. The maximum absolute atomic E-state index is 11.5. The van der Waals surface area contributed by atoms with Crippen molar-refractivity contribution in [2.45, 2.75) is 6.54 Å². The lowest BCUT2D eigenvalue weighted by molar-refractivity contribution is -0.757. The molecule has 1 amide bonds. The van der Waals surface area contributed by atoms with Crippen LogP contribution in [0.5, 0.6) is 5.75 Å². The van der Waals surface area contributed by atoms with E-state index in [9.17, 15) is 14.9 Å². The van der Waals surface area contributed by atoms with Crippen molar-refractivity contribution in [2.75, 3.05) is 13.2 Å². The van der Waals surface area contributed by atoms with Crippen LogP contribution in [0, 0.1) is 10.1 Å². The van der Waals surface area contributed by atoms with E-state index in [0.717, 1.165) is 5.56 Å². The van der Waals surface area contributed by atoms with Crippen LogP contribution in [0.4, 0.5) is 4.79 Å². The van der Waals surface area contributed by atoms with Crippen LogP contribution >= 0.6 is 0 Å². The number of amides is 1. The molecule has 7 nitrogen and oxygen atoms in total. The fourth-order valence-electron chi connectivity index (χ4n) is 1.56. The van der Waals surface area contributed by atoms with E-state index in [2.05, 4.69) is 4.84 Å². The van der Waals surface area contributed by atoms with Gasteiger partial charge in [-0.3, -0.25) is 0 Å². The Morgan fingerprint density at radius 3 is 3.00 bits per heavy atom. The summed E-state index contributed by atoms with van der Waals surface area (Å²) in [6.07, 6.45) is -0.518.